The third-order valence-electron chi connectivity index (χ3n) is 3.98. The van der Waals surface area contributed by atoms with Gasteiger partial charge in [-0.15, -0.1) is 11.8 Å². The maximum atomic E-state index is 12.7. The summed E-state index contributed by atoms with van der Waals surface area (Å²) >= 11 is 7.85. The molecule has 1 aliphatic heterocycles. The van der Waals surface area contributed by atoms with Crippen LogP contribution in [-0.4, -0.2) is 49.2 Å². The van der Waals surface area contributed by atoms with Crippen molar-refractivity contribution in [2.45, 2.75) is 5.37 Å². The molecule has 1 amide bonds. The van der Waals surface area contributed by atoms with E-state index >= 15 is 0 Å². The van der Waals surface area contributed by atoms with Gasteiger partial charge < -0.3 is 9.47 Å². The number of nitrogens with zero attached hydrogens (tertiary/aromatic N) is 5. The third kappa shape index (κ3) is 2.74. The van der Waals surface area contributed by atoms with Crippen LogP contribution in [0.3, 0.4) is 0 Å². The molecule has 8 heteroatoms. The van der Waals surface area contributed by atoms with E-state index in [0.29, 0.717) is 28.4 Å². The van der Waals surface area contributed by atoms with Crippen molar-refractivity contribution in [1.82, 2.24) is 24.4 Å². The lowest BCUT2D eigenvalue weighted by atomic mass is 10.2. The summed E-state index contributed by atoms with van der Waals surface area (Å²) in [5, 5.41) is 0.402. The van der Waals surface area contributed by atoms with Crippen LogP contribution in [0, 0.1) is 0 Å². The second-order valence-corrected chi connectivity index (χ2v) is 7.07. The monoisotopic (exact) mass is 359 g/mol. The largest absolute Gasteiger partial charge is 0.335 e. The summed E-state index contributed by atoms with van der Waals surface area (Å²) in [6.45, 7) is 1.34. The molecule has 122 valence electrons. The van der Waals surface area contributed by atoms with E-state index in [4.69, 9.17) is 11.6 Å². The van der Waals surface area contributed by atoms with Gasteiger partial charge in [0.15, 0.2) is 10.8 Å². The molecule has 1 unspecified atom stereocenters. The molecule has 1 aliphatic rings. The summed E-state index contributed by atoms with van der Waals surface area (Å²) in [5.41, 5.74) is 2.00. The van der Waals surface area contributed by atoms with Gasteiger partial charge >= 0.3 is 0 Å². The molecule has 4 rings (SSSR count). The van der Waals surface area contributed by atoms with E-state index in [-0.39, 0.29) is 11.3 Å². The normalized spacial score (nSPS) is 18.0. The van der Waals surface area contributed by atoms with E-state index in [9.17, 15) is 4.79 Å². The summed E-state index contributed by atoms with van der Waals surface area (Å²) in [4.78, 5) is 27.1. The third-order valence-corrected chi connectivity index (χ3v) is 5.44. The Balaban J connectivity index is 1.61. The smallest absolute Gasteiger partial charge is 0.253 e. The topological polar surface area (TPSA) is 63.9 Å². The van der Waals surface area contributed by atoms with Crippen LogP contribution < -0.4 is 0 Å². The Kier molecular flexibility index (Phi) is 4.12. The van der Waals surface area contributed by atoms with Crippen molar-refractivity contribution in [2.24, 2.45) is 0 Å². The lowest BCUT2D eigenvalue weighted by Crippen LogP contribution is -2.40. The first-order chi connectivity index (χ1) is 11.7. The zero-order valence-electron chi connectivity index (χ0n) is 12.7. The van der Waals surface area contributed by atoms with Crippen LogP contribution >= 0.6 is 23.4 Å². The highest BCUT2D eigenvalue weighted by Gasteiger charge is 2.27. The Morgan fingerprint density at radius 1 is 1.21 bits per heavy atom. The molecule has 0 saturated carbocycles. The molecule has 1 fully saturated rings. The standard InChI is InChI=1S/C16H14ClN5OS/c17-14-13-15(19-9-18-14)22(10-20-13)12-8-21(6-7-24-12)16(23)11-4-2-1-3-5-11/h1-5,9-10,12H,6-8H2. The number of hydrogen-bond donors (Lipinski definition) is 0. The van der Waals surface area contributed by atoms with Gasteiger partial charge in [-0.25, -0.2) is 15.0 Å². The summed E-state index contributed by atoms with van der Waals surface area (Å²) in [7, 11) is 0. The van der Waals surface area contributed by atoms with Gasteiger partial charge in [-0.2, -0.15) is 0 Å². The fraction of sp³-hybridized carbons (Fsp3) is 0.250. The molecule has 3 aromatic rings. The first-order valence-corrected chi connectivity index (χ1v) is 8.95. The van der Waals surface area contributed by atoms with E-state index in [1.54, 1.807) is 18.1 Å². The summed E-state index contributed by atoms with van der Waals surface area (Å²) < 4.78 is 1.97. The van der Waals surface area contributed by atoms with Crippen molar-refractivity contribution in [3.8, 4) is 0 Å². The molecule has 0 spiro atoms. The molecule has 24 heavy (non-hydrogen) atoms. The summed E-state index contributed by atoms with van der Waals surface area (Å²) in [6.07, 6.45) is 3.16. The van der Waals surface area contributed by atoms with Crippen LogP contribution in [0.1, 0.15) is 15.7 Å². The molecule has 0 bridgehead atoms. The van der Waals surface area contributed by atoms with Crippen molar-refractivity contribution < 1.29 is 4.79 Å². The molecule has 1 aromatic carbocycles. The summed E-state index contributed by atoms with van der Waals surface area (Å²) in [5.74, 6) is 0.917. The SMILES string of the molecule is O=C(c1ccccc1)N1CCSC(n2cnc3c(Cl)ncnc32)C1. The molecular formula is C16H14ClN5OS. The van der Waals surface area contributed by atoms with Gasteiger partial charge in [-0.3, -0.25) is 4.79 Å². The molecule has 6 nitrogen and oxygen atoms in total. The van der Waals surface area contributed by atoms with Crippen molar-refractivity contribution in [3.63, 3.8) is 0 Å². The zero-order chi connectivity index (χ0) is 16.5. The number of benzene rings is 1. The molecule has 0 N–H and O–H groups in total. The predicted molar refractivity (Wildman–Crippen MR) is 94.2 cm³/mol. The number of fused-ring (bicyclic) bond motifs is 1. The highest BCUT2D eigenvalue weighted by atomic mass is 35.5. The fourth-order valence-electron chi connectivity index (χ4n) is 2.78. The maximum absolute atomic E-state index is 12.7. The summed E-state index contributed by atoms with van der Waals surface area (Å²) in [6, 6.07) is 9.36. The Morgan fingerprint density at radius 2 is 2.04 bits per heavy atom. The van der Waals surface area contributed by atoms with Gasteiger partial charge in [0.1, 0.15) is 11.8 Å². The highest BCUT2D eigenvalue weighted by molar-refractivity contribution is 7.99. The number of aromatic nitrogens is 4. The van der Waals surface area contributed by atoms with Gasteiger partial charge in [-0.1, -0.05) is 29.8 Å². The van der Waals surface area contributed by atoms with E-state index in [2.05, 4.69) is 15.0 Å². The average Bonchev–Trinajstić information content (AvgIpc) is 3.07. The average molecular weight is 360 g/mol. The zero-order valence-corrected chi connectivity index (χ0v) is 14.2. The number of thioether (sulfide) groups is 1. The van der Waals surface area contributed by atoms with Gasteiger partial charge in [0.2, 0.25) is 0 Å². The number of halogens is 1. The Labute approximate surface area is 147 Å². The Morgan fingerprint density at radius 3 is 2.88 bits per heavy atom. The predicted octanol–water partition coefficient (Wildman–Crippen LogP) is 2.87. The second-order valence-electron chi connectivity index (χ2n) is 5.43. The molecule has 0 radical (unpaired) electrons. The molecular weight excluding hydrogens is 346 g/mol. The van der Waals surface area contributed by atoms with Crippen LogP contribution in [0.25, 0.3) is 11.2 Å². The molecule has 1 saturated heterocycles. The lowest BCUT2D eigenvalue weighted by molar-refractivity contribution is 0.0753. The fourth-order valence-corrected chi connectivity index (χ4v) is 4.16. The minimum absolute atomic E-state index is 0.0537. The number of carbonyl (C=O) groups is 1. The Hall–Kier alpha value is -2.12. The number of hydrogen-bond acceptors (Lipinski definition) is 5. The first-order valence-electron chi connectivity index (χ1n) is 7.53. The first kappa shape index (κ1) is 15.4. The molecule has 2 aromatic heterocycles. The van der Waals surface area contributed by atoms with Crippen LogP contribution in [-0.2, 0) is 0 Å². The van der Waals surface area contributed by atoms with E-state index in [1.807, 2.05) is 39.8 Å². The lowest BCUT2D eigenvalue weighted by Gasteiger charge is -2.33. The minimum atomic E-state index is 0.0537. The van der Waals surface area contributed by atoms with Crippen LogP contribution in [0.15, 0.2) is 43.0 Å². The van der Waals surface area contributed by atoms with Gasteiger partial charge in [0.25, 0.3) is 5.91 Å². The highest BCUT2D eigenvalue weighted by Crippen LogP contribution is 2.32. The van der Waals surface area contributed by atoms with E-state index in [0.717, 1.165) is 12.3 Å². The van der Waals surface area contributed by atoms with E-state index < -0.39 is 0 Å². The van der Waals surface area contributed by atoms with Crippen molar-refractivity contribution in [1.29, 1.82) is 0 Å². The number of imidazole rings is 1. The van der Waals surface area contributed by atoms with Crippen molar-refractivity contribution in [3.05, 3.63) is 53.7 Å². The van der Waals surface area contributed by atoms with Crippen molar-refractivity contribution >= 4 is 40.4 Å². The van der Waals surface area contributed by atoms with Crippen LogP contribution in [0.2, 0.25) is 5.15 Å². The number of carbonyl (C=O) groups excluding carboxylic acids is 1. The molecule has 1 atom stereocenters. The molecule has 0 aliphatic carbocycles. The van der Waals surface area contributed by atoms with E-state index in [1.165, 1.54) is 6.33 Å². The van der Waals surface area contributed by atoms with Gasteiger partial charge in [-0.05, 0) is 12.1 Å². The Bertz CT molecular complexity index is 885. The quantitative estimate of drug-likeness (QED) is 0.658. The van der Waals surface area contributed by atoms with Crippen molar-refractivity contribution in [2.75, 3.05) is 18.8 Å². The number of rotatable bonds is 2. The second kappa shape index (κ2) is 6.41. The molecule has 3 heterocycles. The van der Waals surface area contributed by atoms with Gasteiger partial charge in [0, 0.05) is 17.9 Å². The van der Waals surface area contributed by atoms with Crippen LogP contribution in [0.5, 0.6) is 0 Å². The number of amides is 1. The van der Waals surface area contributed by atoms with Crippen LogP contribution in [0.4, 0.5) is 0 Å². The maximum Gasteiger partial charge on any atom is 0.253 e. The van der Waals surface area contributed by atoms with Gasteiger partial charge in [0.05, 0.1) is 18.2 Å². The minimum Gasteiger partial charge on any atom is -0.335 e.